The fourth-order valence-corrected chi connectivity index (χ4v) is 1.20. The largest absolute Gasteiger partial charge is 0.481 e. The Morgan fingerprint density at radius 3 is 3.07 bits per heavy atom. The van der Waals surface area contributed by atoms with Gasteiger partial charge in [-0.15, -0.1) is 0 Å². The first-order valence-electron chi connectivity index (χ1n) is 4.31. The number of hydrogen-bond donors (Lipinski definition) is 0. The summed E-state index contributed by atoms with van der Waals surface area (Å²) in [7, 11) is 3.48. The molecular formula is C10H13N3O. The van der Waals surface area contributed by atoms with Crippen LogP contribution in [0.2, 0.25) is 0 Å². The molecule has 0 aliphatic carbocycles. The third-order valence-corrected chi connectivity index (χ3v) is 1.82. The number of aromatic nitrogens is 1. The van der Waals surface area contributed by atoms with Crippen LogP contribution in [0.15, 0.2) is 18.3 Å². The maximum atomic E-state index is 8.50. The Kier molecular flexibility index (Phi) is 3.89. The molecule has 4 heteroatoms. The predicted octanol–water partition coefficient (Wildman–Crippen LogP) is 1.05. The van der Waals surface area contributed by atoms with Gasteiger partial charge in [-0.05, 0) is 13.1 Å². The minimum absolute atomic E-state index is 0.401. The SMILES string of the molecule is COc1ncccc1CN(C)CC#N. The molecule has 0 saturated carbocycles. The Bertz CT molecular complexity index is 332. The highest BCUT2D eigenvalue weighted by atomic mass is 16.5. The number of rotatable bonds is 4. The van der Waals surface area contributed by atoms with E-state index in [-0.39, 0.29) is 0 Å². The van der Waals surface area contributed by atoms with Gasteiger partial charge in [-0.25, -0.2) is 4.98 Å². The highest BCUT2D eigenvalue weighted by Gasteiger charge is 2.05. The molecule has 74 valence electrons. The first-order valence-corrected chi connectivity index (χ1v) is 4.31. The standard InChI is InChI=1S/C10H13N3O/c1-13(7-5-11)8-9-4-3-6-12-10(9)14-2/h3-4,6H,7-8H2,1-2H3. The number of pyridine rings is 1. The van der Waals surface area contributed by atoms with E-state index >= 15 is 0 Å². The van der Waals surface area contributed by atoms with E-state index < -0.39 is 0 Å². The Hall–Kier alpha value is -1.60. The Balaban J connectivity index is 2.71. The monoisotopic (exact) mass is 191 g/mol. The fourth-order valence-electron chi connectivity index (χ4n) is 1.20. The van der Waals surface area contributed by atoms with Gasteiger partial charge in [0.25, 0.3) is 0 Å². The van der Waals surface area contributed by atoms with E-state index in [1.54, 1.807) is 13.3 Å². The molecule has 0 aromatic carbocycles. The molecule has 1 aromatic rings. The molecule has 0 radical (unpaired) electrons. The molecule has 1 heterocycles. The number of methoxy groups -OCH3 is 1. The highest BCUT2D eigenvalue weighted by molar-refractivity contribution is 5.25. The van der Waals surface area contributed by atoms with Gasteiger partial charge in [0.1, 0.15) is 0 Å². The fraction of sp³-hybridized carbons (Fsp3) is 0.400. The lowest BCUT2D eigenvalue weighted by molar-refractivity contribution is 0.343. The van der Waals surface area contributed by atoms with E-state index in [1.807, 2.05) is 24.1 Å². The van der Waals surface area contributed by atoms with Crippen LogP contribution in [0.25, 0.3) is 0 Å². The van der Waals surface area contributed by atoms with Gasteiger partial charge >= 0.3 is 0 Å². The van der Waals surface area contributed by atoms with E-state index in [0.29, 0.717) is 19.0 Å². The van der Waals surface area contributed by atoms with E-state index in [9.17, 15) is 0 Å². The lowest BCUT2D eigenvalue weighted by atomic mass is 10.2. The van der Waals surface area contributed by atoms with Crippen molar-refractivity contribution < 1.29 is 4.74 Å². The zero-order valence-corrected chi connectivity index (χ0v) is 8.40. The van der Waals surface area contributed by atoms with Crippen LogP contribution in [-0.2, 0) is 6.54 Å². The average molecular weight is 191 g/mol. The summed E-state index contributed by atoms with van der Waals surface area (Å²) in [5, 5.41) is 8.50. The number of ether oxygens (including phenoxy) is 1. The summed E-state index contributed by atoms with van der Waals surface area (Å²) in [5.41, 5.74) is 0.993. The van der Waals surface area contributed by atoms with E-state index in [2.05, 4.69) is 11.1 Å². The van der Waals surface area contributed by atoms with Crippen LogP contribution in [-0.4, -0.2) is 30.6 Å². The van der Waals surface area contributed by atoms with Crippen molar-refractivity contribution in [3.8, 4) is 11.9 Å². The smallest absolute Gasteiger partial charge is 0.217 e. The van der Waals surface area contributed by atoms with Crippen LogP contribution >= 0.6 is 0 Å². The zero-order valence-electron chi connectivity index (χ0n) is 8.40. The van der Waals surface area contributed by atoms with E-state index in [0.717, 1.165) is 5.56 Å². The molecule has 4 nitrogen and oxygen atoms in total. The maximum Gasteiger partial charge on any atom is 0.217 e. The highest BCUT2D eigenvalue weighted by Crippen LogP contribution is 2.14. The van der Waals surface area contributed by atoms with Crippen molar-refractivity contribution in [2.45, 2.75) is 6.54 Å². The van der Waals surface area contributed by atoms with E-state index in [1.165, 1.54) is 0 Å². The molecule has 0 saturated heterocycles. The molecule has 0 unspecified atom stereocenters. The van der Waals surface area contributed by atoms with Gasteiger partial charge in [-0.3, -0.25) is 4.90 Å². The Morgan fingerprint density at radius 1 is 1.64 bits per heavy atom. The Morgan fingerprint density at radius 2 is 2.43 bits per heavy atom. The third-order valence-electron chi connectivity index (χ3n) is 1.82. The third kappa shape index (κ3) is 2.71. The zero-order chi connectivity index (χ0) is 10.4. The molecular weight excluding hydrogens is 178 g/mol. The van der Waals surface area contributed by atoms with Crippen molar-refractivity contribution in [1.82, 2.24) is 9.88 Å². The van der Waals surface area contributed by atoms with Gasteiger partial charge in [-0.1, -0.05) is 6.07 Å². The summed E-state index contributed by atoms with van der Waals surface area (Å²) in [6, 6.07) is 5.89. The lowest BCUT2D eigenvalue weighted by Crippen LogP contribution is -2.18. The summed E-state index contributed by atoms with van der Waals surface area (Å²) >= 11 is 0. The molecule has 1 aromatic heterocycles. The summed E-state index contributed by atoms with van der Waals surface area (Å²) in [5.74, 6) is 0.622. The van der Waals surface area contributed by atoms with Crippen molar-refractivity contribution >= 4 is 0 Å². The molecule has 0 aliphatic rings. The van der Waals surface area contributed by atoms with Gasteiger partial charge in [0.2, 0.25) is 5.88 Å². The quantitative estimate of drug-likeness (QED) is 0.667. The minimum atomic E-state index is 0.401. The first-order chi connectivity index (χ1) is 6.77. The van der Waals surface area contributed by atoms with Gasteiger partial charge < -0.3 is 4.74 Å². The second-order valence-electron chi connectivity index (χ2n) is 3.00. The normalized spacial score (nSPS) is 9.86. The van der Waals surface area contributed by atoms with Crippen LogP contribution in [0, 0.1) is 11.3 Å². The molecule has 0 aliphatic heterocycles. The summed E-state index contributed by atoms with van der Waals surface area (Å²) < 4.78 is 5.10. The summed E-state index contributed by atoms with van der Waals surface area (Å²) in [4.78, 5) is 5.98. The van der Waals surface area contributed by atoms with Crippen molar-refractivity contribution in [2.75, 3.05) is 20.7 Å². The molecule has 1 rings (SSSR count). The van der Waals surface area contributed by atoms with Crippen molar-refractivity contribution in [1.29, 1.82) is 5.26 Å². The minimum Gasteiger partial charge on any atom is -0.481 e. The second-order valence-corrected chi connectivity index (χ2v) is 3.00. The topological polar surface area (TPSA) is 49.1 Å². The number of nitriles is 1. The molecule has 0 spiro atoms. The van der Waals surface area contributed by atoms with Gasteiger partial charge in [0.15, 0.2) is 0 Å². The summed E-state index contributed by atoms with van der Waals surface area (Å²) in [6.45, 7) is 1.07. The molecule has 0 amide bonds. The Labute approximate surface area is 83.7 Å². The van der Waals surface area contributed by atoms with Crippen molar-refractivity contribution in [2.24, 2.45) is 0 Å². The van der Waals surface area contributed by atoms with Crippen LogP contribution in [0.1, 0.15) is 5.56 Å². The molecule has 0 atom stereocenters. The molecule has 0 fully saturated rings. The predicted molar refractivity (Wildman–Crippen MR) is 52.7 cm³/mol. The number of nitrogens with zero attached hydrogens (tertiary/aromatic N) is 3. The number of hydrogen-bond acceptors (Lipinski definition) is 4. The average Bonchev–Trinajstić information content (AvgIpc) is 2.19. The van der Waals surface area contributed by atoms with Crippen LogP contribution in [0.4, 0.5) is 0 Å². The molecule has 0 bridgehead atoms. The van der Waals surface area contributed by atoms with Crippen molar-refractivity contribution in [3.05, 3.63) is 23.9 Å². The lowest BCUT2D eigenvalue weighted by Gasteiger charge is -2.13. The molecule has 0 N–H and O–H groups in total. The molecule has 14 heavy (non-hydrogen) atoms. The van der Waals surface area contributed by atoms with Crippen LogP contribution in [0.3, 0.4) is 0 Å². The maximum absolute atomic E-state index is 8.50. The second kappa shape index (κ2) is 5.20. The van der Waals surface area contributed by atoms with Crippen LogP contribution in [0.5, 0.6) is 5.88 Å². The summed E-state index contributed by atoms with van der Waals surface area (Å²) in [6.07, 6.45) is 1.69. The van der Waals surface area contributed by atoms with Gasteiger partial charge in [0.05, 0.1) is 19.7 Å². The van der Waals surface area contributed by atoms with Gasteiger partial charge in [-0.2, -0.15) is 5.26 Å². The van der Waals surface area contributed by atoms with Crippen LogP contribution < -0.4 is 4.74 Å². The van der Waals surface area contributed by atoms with E-state index in [4.69, 9.17) is 10.00 Å². The first kappa shape index (κ1) is 10.5. The van der Waals surface area contributed by atoms with Crippen molar-refractivity contribution in [3.63, 3.8) is 0 Å². The van der Waals surface area contributed by atoms with Gasteiger partial charge in [0, 0.05) is 18.3 Å².